The highest BCUT2D eigenvalue weighted by Crippen LogP contribution is 2.24. The fourth-order valence-corrected chi connectivity index (χ4v) is 1.55. The summed E-state index contributed by atoms with van der Waals surface area (Å²) in [6.45, 7) is 9.22. The van der Waals surface area contributed by atoms with Crippen LogP contribution in [0.4, 0.5) is 0 Å². The number of rotatable bonds is 4. The first-order chi connectivity index (χ1) is 8.71. The molecule has 0 spiro atoms. The molecule has 2 aromatic heterocycles. The number of aliphatic hydroxyl groups is 1. The fraction of sp³-hybridized carbons (Fsp3) is 0.500. The van der Waals surface area contributed by atoms with Gasteiger partial charge in [-0.25, -0.2) is 4.98 Å². The molecule has 1 radical (unpaired) electrons. The van der Waals surface area contributed by atoms with Gasteiger partial charge in [0.25, 0.3) is 0 Å². The van der Waals surface area contributed by atoms with E-state index in [4.69, 9.17) is 4.65 Å². The van der Waals surface area contributed by atoms with Crippen LogP contribution in [0.2, 0.25) is 0 Å². The van der Waals surface area contributed by atoms with Gasteiger partial charge in [-0.3, -0.25) is 0 Å². The molecule has 2 aromatic rings. The summed E-state index contributed by atoms with van der Waals surface area (Å²) < 4.78 is 7.74. The van der Waals surface area contributed by atoms with Crippen molar-refractivity contribution in [3.05, 3.63) is 30.2 Å². The Morgan fingerprint density at radius 3 is 2.58 bits per heavy atom. The lowest BCUT2D eigenvalue weighted by Crippen LogP contribution is -2.49. The predicted molar refractivity (Wildman–Crippen MR) is 76.8 cm³/mol. The molecule has 0 aromatic carbocycles. The molecule has 0 fully saturated rings. The van der Waals surface area contributed by atoms with Crippen LogP contribution < -0.4 is 5.46 Å². The maximum Gasteiger partial charge on any atom is 0.332 e. The zero-order valence-electron chi connectivity index (χ0n) is 12.1. The Bertz CT molecular complexity index is 585. The van der Waals surface area contributed by atoms with Crippen molar-refractivity contribution in [3.8, 4) is 0 Å². The van der Waals surface area contributed by atoms with E-state index >= 15 is 0 Å². The Morgan fingerprint density at radius 1 is 1.26 bits per heavy atom. The molecule has 0 unspecified atom stereocenters. The molecule has 0 amide bonds. The van der Waals surface area contributed by atoms with Gasteiger partial charge in [-0.2, -0.15) is 0 Å². The lowest BCUT2D eigenvalue weighted by Gasteiger charge is -2.37. The van der Waals surface area contributed by atoms with Crippen molar-refractivity contribution in [2.45, 2.75) is 45.8 Å². The normalized spacial score (nSPS) is 12.9. The quantitative estimate of drug-likeness (QED) is 0.845. The molecule has 1 N–H and O–H groups in total. The van der Waals surface area contributed by atoms with Crippen LogP contribution in [0.3, 0.4) is 0 Å². The molecule has 2 heterocycles. The zero-order valence-corrected chi connectivity index (χ0v) is 12.1. The topological polar surface area (TPSA) is 46.8 Å². The molecule has 5 heteroatoms. The summed E-state index contributed by atoms with van der Waals surface area (Å²) >= 11 is 0. The largest absolute Gasteiger partial charge is 0.427 e. The summed E-state index contributed by atoms with van der Waals surface area (Å²) in [7, 11) is 1.68. The van der Waals surface area contributed by atoms with Crippen molar-refractivity contribution >= 4 is 18.6 Å². The first kappa shape index (κ1) is 14.1. The van der Waals surface area contributed by atoms with Crippen molar-refractivity contribution in [2.75, 3.05) is 0 Å². The third kappa shape index (κ3) is 2.82. The summed E-state index contributed by atoms with van der Waals surface area (Å²) in [6.07, 6.45) is 3.80. The first-order valence-corrected chi connectivity index (χ1v) is 6.38. The van der Waals surface area contributed by atoms with Gasteiger partial charge in [-0.1, -0.05) is 6.07 Å². The molecule has 0 aliphatic carbocycles. The van der Waals surface area contributed by atoms with Gasteiger partial charge in [0, 0.05) is 18.1 Å². The van der Waals surface area contributed by atoms with E-state index in [-0.39, 0.29) is 0 Å². The Morgan fingerprint density at radius 2 is 1.95 bits per heavy atom. The average Bonchev–Trinajstić information content (AvgIpc) is 2.67. The van der Waals surface area contributed by atoms with Crippen LogP contribution in [0.5, 0.6) is 0 Å². The Labute approximate surface area is 114 Å². The van der Waals surface area contributed by atoms with E-state index in [2.05, 4.69) is 4.98 Å². The van der Waals surface area contributed by atoms with E-state index in [9.17, 15) is 5.11 Å². The van der Waals surface area contributed by atoms with E-state index in [0.29, 0.717) is 0 Å². The van der Waals surface area contributed by atoms with Crippen LogP contribution in [0.15, 0.2) is 24.5 Å². The minimum absolute atomic E-state index is 0.661. The number of aromatic nitrogens is 2. The number of fused-ring (bicyclic) bond motifs is 1. The van der Waals surface area contributed by atoms with Gasteiger partial charge in [0.05, 0.1) is 11.2 Å². The standard InChI is InChI=1S/C14H20BN2O2/c1-10-8-16-12-7-6-11(9-17(10)12)15-19-14(4,5)13(2,3)18/h6-9,18H,1-5H3. The summed E-state index contributed by atoms with van der Waals surface area (Å²) in [6, 6.07) is 3.89. The molecule has 0 saturated carbocycles. The number of nitrogens with zero attached hydrogens (tertiary/aromatic N) is 2. The van der Waals surface area contributed by atoms with Crippen LogP contribution in [0.1, 0.15) is 33.4 Å². The summed E-state index contributed by atoms with van der Waals surface area (Å²) in [5.41, 5.74) is 1.35. The SMILES string of the molecule is Cc1cnc2ccc([B]OC(C)(C)C(C)(C)O)cn12. The number of hydrogen-bond donors (Lipinski definition) is 1. The molecule has 0 atom stereocenters. The van der Waals surface area contributed by atoms with E-state index in [1.807, 2.05) is 49.7 Å². The maximum atomic E-state index is 10.0. The highest BCUT2D eigenvalue weighted by Gasteiger charge is 2.35. The van der Waals surface area contributed by atoms with Gasteiger partial charge in [0.15, 0.2) is 0 Å². The van der Waals surface area contributed by atoms with Gasteiger partial charge >= 0.3 is 7.48 Å². The van der Waals surface area contributed by atoms with Crippen molar-refractivity contribution in [3.63, 3.8) is 0 Å². The molecule has 19 heavy (non-hydrogen) atoms. The molecular weight excluding hydrogens is 239 g/mol. The summed E-state index contributed by atoms with van der Waals surface area (Å²) in [5.74, 6) is 0. The van der Waals surface area contributed by atoms with E-state index in [1.54, 1.807) is 21.3 Å². The monoisotopic (exact) mass is 259 g/mol. The van der Waals surface area contributed by atoms with Crippen LogP contribution in [-0.2, 0) is 4.65 Å². The van der Waals surface area contributed by atoms with Gasteiger partial charge in [0.1, 0.15) is 5.65 Å². The van der Waals surface area contributed by atoms with Crippen LogP contribution in [-0.4, -0.2) is 33.2 Å². The molecule has 4 nitrogen and oxygen atoms in total. The third-order valence-electron chi connectivity index (χ3n) is 3.68. The molecule has 0 aliphatic heterocycles. The number of aryl methyl sites for hydroxylation is 1. The van der Waals surface area contributed by atoms with Crippen LogP contribution >= 0.6 is 0 Å². The minimum atomic E-state index is -0.918. The summed E-state index contributed by atoms with van der Waals surface area (Å²) in [4.78, 5) is 4.28. The molecule has 0 aliphatic rings. The number of hydrogen-bond acceptors (Lipinski definition) is 3. The number of imidazole rings is 1. The van der Waals surface area contributed by atoms with E-state index in [1.165, 1.54) is 0 Å². The van der Waals surface area contributed by atoms with Crippen molar-refractivity contribution in [1.29, 1.82) is 0 Å². The van der Waals surface area contributed by atoms with Gasteiger partial charge in [-0.05, 0) is 46.1 Å². The average molecular weight is 259 g/mol. The molecule has 2 rings (SSSR count). The van der Waals surface area contributed by atoms with Gasteiger partial charge in [0.2, 0.25) is 0 Å². The third-order valence-corrected chi connectivity index (χ3v) is 3.68. The zero-order chi connectivity index (χ0) is 14.3. The predicted octanol–water partition coefficient (Wildman–Crippen LogP) is 1.45. The second kappa shape index (κ2) is 4.65. The molecule has 101 valence electrons. The van der Waals surface area contributed by atoms with E-state index in [0.717, 1.165) is 16.8 Å². The van der Waals surface area contributed by atoms with E-state index < -0.39 is 11.2 Å². The number of pyridine rings is 1. The highest BCUT2D eigenvalue weighted by atomic mass is 16.5. The molecule has 0 saturated heterocycles. The second-order valence-corrected chi connectivity index (χ2v) is 5.90. The summed E-state index contributed by atoms with van der Waals surface area (Å²) in [5, 5.41) is 10.0. The highest BCUT2D eigenvalue weighted by molar-refractivity contribution is 6.46. The lowest BCUT2D eigenvalue weighted by atomic mass is 9.83. The van der Waals surface area contributed by atoms with Crippen molar-refractivity contribution in [1.82, 2.24) is 9.38 Å². The molecular formula is C14H20BN2O2. The Kier molecular flexibility index (Phi) is 3.45. The van der Waals surface area contributed by atoms with Crippen LogP contribution in [0, 0.1) is 6.92 Å². The smallest absolute Gasteiger partial charge is 0.332 e. The van der Waals surface area contributed by atoms with Gasteiger partial charge < -0.3 is 14.2 Å². The minimum Gasteiger partial charge on any atom is -0.427 e. The van der Waals surface area contributed by atoms with Gasteiger partial charge in [-0.15, -0.1) is 0 Å². The Hall–Kier alpha value is -1.33. The second-order valence-electron chi connectivity index (χ2n) is 5.90. The van der Waals surface area contributed by atoms with Crippen molar-refractivity contribution in [2.24, 2.45) is 0 Å². The Balaban J connectivity index is 2.16. The fourth-order valence-electron chi connectivity index (χ4n) is 1.55. The van der Waals surface area contributed by atoms with Crippen LogP contribution in [0.25, 0.3) is 5.65 Å². The first-order valence-electron chi connectivity index (χ1n) is 6.38. The lowest BCUT2D eigenvalue weighted by molar-refractivity contribution is -0.0893. The maximum absolute atomic E-state index is 10.0. The van der Waals surface area contributed by atoms with Crippen molar-refractivity contribution < 1.29 is 9.76 Å². The molecule has 0 bridgehead atoms.